The fourth-order valence-electron chi connectivity index (χ4n) is 2.80. The van der Waals surface area contributed by atoms with Gasteiger partial charge in [0.2, 0.25) is 0 Å². The van der Waals surface area contributed by atoms with Crippen molar-refractivity contribution in [3.63, 3.8) is 0 Å². The molecule has 0 fully saturated rings. The topological polar surface area (TPSA) is 58.5 Å². The fraction of sp³-hybridized carbons (Fsp3) is 0.474. The Morgan fingerprint density at radius 1 is 1.38 bits per heavy atom. The highest BCUT2D eigenvalue weighted by atomic mass is 127. The molecule has 2 N–H and O–H groups in total. The maximum absolute atomic E-state index is 5.74. The third-order valence-electron chi connectivity index (χ3n) is 4.08. The van der Waals surface area contributed by atoms with Crippen LogP contribution in [0.3, 0.4) is 0 Å². The molecule has 3 rings (SSSR count). The van der Waals surface area contributed by atoms with Crippen molar-refractivity contribution in [3.8, 4) is 5.75 Å². The molecule has 1 unspecified atom stereocenters. The van der Waals surface area contributed by atoms with Gasteiger partial charge in [-0.1, -0.05) is 32.0 Å². The van der Waals surface area contributed by atoms with Gasteiger partial charge in [-0.15, -0.1) is 35.3 Å². The van der Waals surface area contributed by atoms with Crippen LogP contribution in [0, 0.1) is 0 Å². The summed E-state index contributed by atoms with van der Waals surface area (Å²) in [5.41, 5.74) is 2.22. The number of nitrogens with zero attached hydrogens (tertiary/aromatic N) is 2. The third-order valence-corrected chi connectivity index (χ3v) is 5.27. The Bertz CT molecular complexity index is 732. The Morgan fingerprint density at radius 3 is 2.92 bits per heavy atom. The van der Waals surface area contributed by atoms with E-state index in [2.05, 4.69) is 53.9 Å². The summed E-state index contributed by atoms with van der Waals surface area (Å²) in [4.78, 5) is 9.38. The smallest absolute Gasteiger partial charge is 0.192 e. The van der Waals surface area contributed by atoms with Gasteiger partial charge in [0.15, 0.2) is 5.96 Å². The molecule has 0 saturated heterocycles. The van der Waals surface area contributed by atoms with Gasteiger partial charge < -0.3 is 15.4 Å². The lowest BCUT2D eigenvalue weighted by molar-refractivity contribution is 0.261. The van der Waals surface area contributed by atoms with Gasteiger partial charge in [-0.3, -0.25) is 0 Å². The number of fused-ring (bicyclic) bond motifs is 1. The summed E-state index contributed by atoms with van der Waals surface area (Å²) in [5, 5.41) is 10.2. The van der Waals surface area contributed by atoms with E-state index in [-0.39, 0.29) is 30.0 Å². The molecule has 0 aliphatic carbocycles. The van der Waals surface area contributed by atoms with Gasteiger partial charge in [-0.05, 0) is 13.0 Å². The van der Waals surface area contributed by atoms with Crippen LogP contribution in [0.1, 0.15) is 55.4 Å². The zero-order chi connectivity index (χ0) is 17.6. The summed E-state index contributed by atoms with van der Waals surface area (Å²) < 4.78 is 5.74. The molecule has 0 radical (unpaired) electrons. The number of halogens is 1. The number of ether oxygens (including phenoxy) is 1. The largest absolute Gasteiger partial charge is 0.493 e. The van der Waals surface area contributed by atoms with Crippen LogP contribution in [0.25, 0.3) is 0 Å². The average Bonchev–Trinajstić information content (AvgIpc) is 3.09. The molecule has 5 nitrogen and oxygen atoms in total. The quantitative estimate of drug-likeness (QED) is 0.372. The van der Waals surface area contributed by atoms with Gasteiger partial charge in [0.25, 0.3) is 0 Å². The summed E-state index contributed by atoms with van der Waals surface area (Å²) in [6.07, 6.45) is 0.926. The molecule has 1 atom stereocenters. The van der Waals surface area contributed by atoms with Crippen LogP contribution in [-0.4, -0.2) is 24.1 Å². The zero-order valence-electron chi connectivity index (χ0n) is 15.5. The molecule has 142 valence electrons. The molecule has 0 amide bonds. The summed E-state index contributed by atoms with van der Waals surface area (Å²) >= 11 is 1.71. The predicted molar refractivity (Wildman–Crippen MR) is 119 cm³/mol. The molecule has 1 aromatic heterocycles. The van der Waals surface area contributed by atoms with Crippen LogP contribution in [-0.2, 0) is 6.54 Å². The van der Waals surface area contributed by atoms with Crippen molar-refractivity contribution >= 4 is 41.3 Å². The molecule has 0 saturated carbocycles. The van der Waals surface area contributed by atoms with Crippen molar-refractivity contribution < 1.29 is 4.74 Å². The standard InChI is InChI=1S/C19H26N4OS.HI/c1-4-20-19(21-11-14-12-25-18(22-14)13(2)3)23-16-9-10-24-17-8-6-5-7-15(16)17;/h5-8,12-13,16H,4,9-11H2,1-3H3,(H2,20,21,23);1H. The summed E-state index contributed by atoms with van der Waals surface area (Å²) in [6.45, 7) is 8.54. The maximum Gasteiger partial charge on any atom is 0.192 e. The highest BCUT2D eigenvalue weighted by Crippen LogP contribution is 2.31. The summed E-state index contributed by atoms with van der Waals surface area (Å²) in [7, 11) is 0. The second kappa shape index (κ2) is 10.1. The second-order valence-corrected chi connectivity index (χ2v) is 7.29. The van der Waals surface area contributed by atoms with E-state index < -0.39 is 0 Å². The van der Waals surface area contributed by atoms with Gasteiger partial charge in [0.05, 0.1) is 29.9 Å². The number of para-hydroxylation sites is 1. The normalized spacial score (nSPS) is 16.5. The molecule has 7 heteroatoms. The molecule has 1 aliphatic heterocycles. The Morgan fingerprint density at radius 2 is 2.19 bits per heavy atom. The number of benzene rings is 1. The molecule has 1 aromatic carbocycles. The van der Waals surface area contributed by atoms with E-state index in [9.17, 15) is 0 Å². The number of guanidine groups is 1. The lowest BCUT2D eigenvalue weighted by Gasteiger charge is -2.28. The van der Waals surface area contributed by atoms with Crippen molar-refractivity contribution in [2.75, 3.05) is 13.2 Å². The molecular formula is C19H27IN4OS. The van der Waals surface area contributed by atoms with Gasteiger partial charge in [-0.25, -0.2) is 9.98 Å². The summed E-state index contributed by atoms with van der Waals surface area (Å²) in [5.74, 6) is 2.25. The van der Waals surface area contributed by atoms with Crippen LogP contribution in [0.2, 0.25) is 0 Å². The summed E-state index contributed by atoms with van der Waals surface area (Å²) in [6, 6.07) is 8.41. The number of rotatable bonds is 5. The SMILES string of the molecule is CCNC(=NCc1csc(C(C)C)n1)NC1CCOc2ccccc21.I. The zero-order valence-corrected chi connectivity index (χ0v) is 18.6. The number of hydrogen-bond donors (Lipinski definition) is 2. The Labute approximate surface area is 176 Å². The molecule has 1 aliphatic rings. The fourth-order valence-corrected chi connectivity index (χ4v) is 3.62. The van der Waals surface area contributed by atoms with Gasteiger partial charge >= 0.3 is 0 Å². The van der Waals surface area contributed by atoms with Crippen molar-refractivity contribution in [2.45, 2.75) is 45.7 Å². The molecule has 0 spiro atoms. The van der Waals surface area contributed by atoms with E-state index in [1.807, 2.05) is 12.1 Å². The van der Waals surface area contributed by atoms with E-state index in [4.69, 9.17) is 9.73 Å². The first-order chi connectivity index (χ1) is 12.2. The lowest BCUT2D eigenvalue weighted by atomic mass is 10.0. The molecule has 26 heavy (non-hydrogen) atoms. The number of aromatic nitrogens is 1. The van der Waals surface area contributed by atoms with Crippen LogP contribution in [0.4, 0.5) is 0 Å². The van der Waals surface area contributed by atoms with E-state index in [0.717, 1.165) is 37.0 Å². The molecule has 2 aromatic rings. The van der Waals surface area contributed by atoms with Gasteiger partial charge in [0, 0.05) is 29.8 Å². The Hall–Kier alpha value is -1.35. The number of hydrogen-bond acceptors (Lipinski definition) is 4. The Kier molecular flexibility index (Phi) is 8.15. The van der Waals surface area contributed by atoms with E-state index in [0.29, 0.717) is 12.5 Å². The van der Waals surface area contributed by atoms with Crippen molar-refractivity contribution in [1.82, 2.24) is 15.6 Å². The highest BCUT2D eigenvalue weighted by molar-refractivity contribution is 14.0. The van der Waals surface area contributed by atoms with Crippen LogP contribution in [0.15, 0.2) is 34.6 Å². The number of nitrogens with one attached hydrogen (secondary N) is 2. The minimum absolute atomic E-state index is 0. The number of aliphatic imine (C=N–C) groups is 1. The van der Waals surface area contributed by atoms with E-state index in [1.54, 1.807) is 11.3 Å². The van der Waals surface area contributed by atoms with Gasteiger partial charge in [0.1, 0.15) is 5.75 Å². The van der Waals surface area contributed by atoms with Crippen molar-refractivity contribution in [3.05, 3.63) is 45.9 Å². The maximum atomic E-state index is 5.74. The number of thiazole rings is 1. The minimum Gasteiger partial charge on any atom is -0.493 e. The van der Waals surface area contributed by atoms with Crippen LogP contribution >= 0.6 is 35.3 Å². The van der Waals surface area contributed by atoms with Crippen LogP contribution in [0.5, 0.6) is 5.75 Å². The minimum atomic E-state index is 0. The van der Waals surface area contributed by atoms with Crippen molar-refractivity contribution in [2.24, 2.45) is 4.99 Å². The molecule has 0 bridgehead atoms. The van der Waals surface area contributed by atoms with Gasteiger partial charge in [-0.2, -0.15) is 0 Å². The Balaban J connectivity index is 0.00000243. The van der Waals surface area contributed by atoms with Crippen LogP contribution < -0.4 is 15.4 Å². The molecular weight excluding hydrogens is 459 g/mol. The first-order valence-corrected chi connectivity index (χ1v) is 9.76. The van der Waals surface area contributed by atoms with Crippen molar-refractivity contribution in [1.29, 1.82) is 0 Å². The second-order valence-electron chi connectivity index (χ2n) is 6.40. The monoisotopic (exact) mass is 486 g/mol. The first-order valence-electron chi connectivity index (χ1n) is 8.88. The van der Waals surface area contributed by atoms with E-state index >= 15 is 0 Å². The van der Waals surface area contributed by atoms with E-state index in [1.165, 1.54) is 10.6 Å². The predicted octanol–water partition coefficient (Wildman–Crippen LogP) is 4.46. The lowest BCUT2D eigenvalue weighted by Crippen LogP contribution is -2.41. The average molecular weight is 486 g/mol. The third kappa shape index (κ3) is 5.33. The first kappa shape index (κ1) is 21.0. The highest BCUT2D eigenvalue weighted by Gasteiger charge is 2.21. The molecule has 2 heterocycles.